The van der Waals surface area contributed by atoms with Gasteiger partial charge in [0.25, 0.3) is 5.91 Å². The molecular formula is C28H28F2N2O4S. The molecule has 3 aromatic rings. The molecule has 2 aliphatic rings. The Kier molecular flexibility index (Phi) is 7.81. The van der Waals surface area contributed by atoms with Crippen LogP contribution in [0.25, 0.3) is 0 Å². The molecule has 0 radical (unpaired) electrons. The van der Waals surface area contributed by atoms with Crippen LogP contribution >= 0.6 is 11.3 Å². The topological polar surface area (TPSA) is 59.1 Å². The predicted molar refractivity (Wildman–Crippen MR) is 136 cm³/mol. The smallest absolute Gasteiger partial charge is 0.254 e. The summed E-state index contributed by atoms with van der Waals surface area (Å²) in [5.41, 5.74) is 1.19. The fraction of sp³-hybridized carbons (Fsp3) is 0.357. The van der Waals surface area contributed by atoms with Crippen molar-refractivity contribution in [2.75, 3.05) is 32.8 Å². The predicted octanol–water partition coefficient (Wildman–Crippen LogP) is 4.85. The Bertz CT molecular complexity index is 1260. The van der Waals surface area contributed by atoms with E-state index in [4.69, 9.17) is 9.47 Å². The first-order valence-corrected chi connectivity index (χ1v) is 13.3. The summed E-state index contributed by atoms with van der Waals surface area (Å²) in [7, 11) is 0. The van der Waals surface area contributed by atoms with Crippen LogP contribution in [-0.4, -0.2) is 60.6 Å². The van der Waals surface area contributed by atoms with Gasteiger partial charge in [0.2, 0.25) is 5.91 Å². The van der Waals surface area contributed by atoms with Crippen LogP contribution in [0.1, 0.15) is 39.7 Å². The Morgan fingerprint density at radius 1 is 1.11 bits per heavy atom. The van der Waals surface area contributed by atoms with E-state index in [1.165, 1.54) is 40.1 Å². The Morgan fingerprint density at radius 2 is 1.92 bits per heavy atom. The van der Waals surface area contributed by atoms with Gasteiger partial charge in [0.15, 0.2) is 0 Å². The summed E-state index contributed by atoms with van der Waals surface area (Å²) in [6.45, 7) is 1.34. The molecule has 2 aliphatic heterocycles. The van der Waals surface area contributed by atoms with E-state index in [0.717, 1.165) is 18.4 Å². The fourth-order valence-corrected chi connectivity index (χ4v) is 5.85. The summed E-state index contributed by atoms with van der Waals surface area (Å²) in [6.07, 6.45) is 2.24. The second-order valence-corrected chi connectivity index (χ2v) is 10.3. The van der Waals surface area contributed by atoms with Crippen LogP contribution in [0.4, 0.5) is 8.78 Å². The molecule has 194 valence electrons. The van der Waals surface area contributed by atoms with Gasteiger partial charge < -0.3 is 19.3 Å². The van der Waals surface area contributed by atoms with E-state index in [1.807, 2.05) is 11.4 Å². The van der Waals surface area contributed by atoms with Crippen molar-refractivity contribution in [3.63, 3.8) is 0 Å². The highest BCUT2D eigenvalue weighted by atomic mass is 32.1. The van der Waals surface area contributed by atoms with E-state index in [9.17, 15) is 18.4 Å². The minimum absolute atomic E-state index is 0.155. The number of hydrogen-bond donors (Lipinski definition) is 0. The molecule has 5 rings (SSSR count). The molecule has 0 N–H and O–H groups in total. The maximum Gasteiger partial charge on any atom is 0.254 e. The van der Waals surface area contributed by atoms with Gasteiger partial charge in [-0.3, -0.25) is 9.59 Å². The molecule has 2 unspecified atom stereocenters. The van der Waals surface area contributed by atoms with Crippen molar-refractivity contribution in [1.82, 2.24) is 9.80 Å². The van der Waals surface area contributed by atoms with E-state index in [0.29, 0.717) is 25.3 Å². The molecule has 6 nitrogen and oxygen atoms in total. The molecule has 0 aliphatic carbocycles. The molecule has 1 fully saturated rings. The molecule has 37 heavy (non-hydrogen) atoms. The highest BCUT2D eigenvalue weighted by Crippen LogP contribution is 2.34. The van der Waals surface area contributed by atoms with Crippen molar-refractivity contribution in [3.05, 3.63) is 87.6 Å². The third-order valence-corrected chi connectivity index (χ3v) is 7.75. The lowest BCUT2D eigenvalue weighted by atomic mass is 10.00. The average molecular weight is 527 g/mol. The van der Waals surface area contributed by atoms with Crippen molar-refractivity contribution in [2.24, 2.45) is 0 Å². The van der Waals surface area contributed by atoms with Crippen molar-refractivity contribution in [1.29, 1.82) is 0 Å². The van der Waals surface area contributed by atoms with Gasteiger partial charge in [-0.1, -0.05) is 12.1 Å². The van der Waals surface area contributed by atoms with E-state index < -0.39 is 17.5 Å². The lowest BCUT2D eigenvalue weighted by molar-refractivity contribution is -0.135. The largest absolute Gasteiger partial charge is 0.491 e. The fourth-order valence-electron chi connectivity index (χ4n) is 4.92. The molecule has 0 bridgehead atoms. The normalized spacial score (nSPS) is 18.9. The van der Waals surface area contributed by atoms with Crippen LogP contribution in [0.15, 0.2) is 60.0 Å². The number of hydrogen-bond acceptors (Lipinski definition) is 5. The molecule has 1 saturated heterocycles. The van der Waals surface area contributed by atoms with E-state index in [1.54, 1.807) is 34.4 Å². The number of thiophene rings is 1. The molecule has 0 spiro atoms. The molecule has 0 saturated carbocycles. The van der Waals surface area contributed by atoms with Crippen LogP contribution < -0.4 is 4.74 Å². The molecule has 1 aromatic heterocycles. The van der Waals surface area contributed by atoms with E-state index >= 15 is 0 Å². The zero-order valence-electron chi connectivity index (χ0n) is 20.3. The minimum atomic E-state index is -0.509. The number of ether oxygens (including phenoxy) is 2. The van der Waals surface area contributed by atoms with Crippen LogP contribution in [0.2, 0.25) is 0 Å². The number of rotatable bonds is 8. The second-order valence-electron chi connectivity index (χ2n) is 9.25. The Hall–Kier alpha value is -3.30. The first-order valence-electron chi connectivity index (χ1n) is 12.4. The number of benzene rings is 2. The molecule has 3 heterocycles. The van der Waals surface area contributed by atoms with Gasteiger partial charge in [-0.2, -0.15) is 0 Å². The first kappa shape index (κ1) is 25.4. The van der Waals surface area contributed by atoms with Gasteiger partial charge in [0.05, 0.1) is 12.1 Å². The standard InChI is InChI=1S/C28H28F2N2O4S/c29-20-5-1-4-19(14-20)28(34)31(16-23-8-3-12-35-23)17-27(33)32-11-9-26-24(10-13-37-26)25(32)18-36-22-7-2-6-21(30)15-22/h1-2,4-7,10,13-15,23,25H,3,8-9,11-12,16-18H2. The van der Waals surface area contributed by atoms with Gasteiger partial charge in [-0.05, 0) is 66.6 Å². The van der Waals surface area contributed by atoms with Gasteiger partial charge in [-0.25, -0.2) is 8.78 Å². The number of carbonyl (C=O) groups excluding carboxylic acids is 2. The first-order chi connectivity index (χ1) is 18.0. The maximum atomic E-state index is 13.9. The third kappa shape index (κ3) is 5.99. The van der Waals surface area contributed by atoms with Crippen LogP contribution in [0.5, 0.6) is 5.75 Å². The summed E-state index contributed by atoms with van der Waals surface area (Å²) < 4.78 is 39.2. The monoisotopic (exact) mass is 526 g/mol. The Morgan fingerprint density at radius 3 is 2.68 bits per heavy atom. The van der Waals surface area contributed by atoms with Crippen LogP contribution in [-0.2, 0) is 16.0 Å². The molecule has 9 heteroatoms. The van der Waals surface area contributed by atoms with E-state index in [-0.39, 0.29) is 43.3 Å². The number of nitrogens with zero attached hydrogens (tertiary/aromatic N) is 2. The number of fused-ring (bicyclic) bond motifs is 1. The van der Waals surface area contributed by atoms with Crippen molar-refractivity contribution >= 4 is 23.2 Å². The molecular weight excluding hydrogens is 498 g/mol. The van der Waals surface area contributed by atoms with Gasteiger partial charge in [0.1, 0.15) is 30.5 Å². The minimum Gasteiger partial charge on any atom is -0.491 e. The number of halogens is 2. The summed E-state index contributed by atoms with van der Waals surface area (Å²) in [6, 6.07) is 13.0. The summed E-state index contributed by atoms with van der Waals surface area (Å²) in [5.74, 6) is -1.16. The average Bonchev–Trinajstić information content (AvgIpc) is 3.58. The Labute approximate surface area is 218 Å². The molecule has 2 atom stereocenters. The summed E-state index contributed by atoms with van der Waals surface area (Å²) in [5, 5.41) is 1.99. The zero-order chi connectivity index (χ0) is 25.8. The SMILES string of the molecule is O=C(c1cccc(F)c1)N(CC(=O)N1CCc2sccc2C1COc1cccc(F)c1)CC1CCCO1. The number of carbonyl (C=O) groups is 2. The quantitative estimate of drug-likeness (QED) is 0.421. The molecule has 2 aromatic carbocycles. The van der Waals surface area contributed by atoms with Crippen molar-refractivity contribution < 1.29 is 27.8 Å². The van der Waals surface area contributed by atoms with Gasteiger partial charge in [0, 0.05) is 36.2 Å². The van der Waals surface area contributed by atoms with Crippen molar-refractivity contribution in [3.8, 4) is 5.75 Å². The summed E-state index contributed by atoms with van der Waals surface area (Å²) in [4.78, 5) is 31.4. The highest BCUT2D eigenvalue weighted by Gasteiger charge is 2.34. The Balaban J connectivity index is 1.36. The zero-order valence-corrected chi connectivity index (χ0v) is 21.1. The van der Waals surface area contributed by atoms with E-state index in [2.05, 4.69) is 0 Å². The maximum absolute atomic E-state index is 13.9. The van der Waals surface area contributed by atoms with Crippen LogP contribution in [0, 0.1) is 11.6 Å². The van der Waals surface area contributed by atoms with Gasteiger partial charge in [-0.15, -0.1) is 11.3 Å². The third-order valence-electron chi connectivity index (χ3n) is 6.75. The molecule has 2 amide bonds. The van der Waals surface area contributed by atoms with Crippen molar-refractivity contribution in [2.45, 2.75) is 31.4 Å². The van der Waals surface area contributed by atoms with Gasteiger partial charge >= 0.3 is 0 Å². The van der Waals surface area contributed by atoms with Crippen LogP contribution in [0.3, 0.4) is 0 Å². The number of amides is 2. The lowest BCUT2D eigenvalue weighted by Gasteiger charge is -2.37. The highest BCUT2D eigenvalue weighted by molar-refractivity contribution is 7.10. The lowest BCUT2D eigenvalue weighted by Crippen LogP contribution is -2.49. The second kappa shape index (κ2) is 11.4. The summed E-state index contributed by atoms with van der Waals surface area (Å²) >= 11 is 1.64.